The van der Waals surface area contributed by atoms with Gasteiger partial charge in [0.25, 0.3) is 0 Å². The third-order valence-electron chi connectivity index (χ3n) is 1.94. The number of aromatic hydroxyl groups is 1. The Hall–Kier alpha value is -1.71. The molecule has 4 nitrogen and oxygen atoms in total. The number of rotatable bonds is 3. The third-order valence-corrected chi connectivity index (χ3v) is 1.94. The Morgan fingerprint density at radius 3 is 2.64 bits per heavy atom. The summed E-state index contributed by atoms with van der Waals surface area (Å²) >= 11 is 0. The van der Waals surface area contributed by atoms with E-state index in [4.69, 9.17) is 9.84 Å². The molecule has 0 aliphatic heterocycles. The first-order valence-corrected chi connectivity index (χ1v) is 4.13. The Bertz CT molecular complexity index is 357. The highest BCUT2D eigenvalue weighted by Crippen LogP contribution is 2.27. The number of ether oxygens (including phenoxy) is 1. The first-order chi connectivity index (χ1) is 6.54. The summed E-state index contributed by atoms with van der Waals surface area (Å²) in [5.74, 6) is -0.378. The van der Waals surface area contributed by atoms with Gasteiger partial charge in [-0.1, -0.05) is 0 Å². The molecule has 0 fully saturated rings. The SMILES string of the molecule is COc1cc(C)c(O)cc1CC(=O)O. The predicted molar refractivity (Wildman–Crippen MR) is 50.7 cm³/mol. The molecule has 0 amide bonds. The highest BCUT2D eigenvalue weighted by atomic mass is 16.5. The fourth-order valence-corrected chi connectivity index (χ4v) is 1.20. The number of carbonyl (C=O) groups is 1. The van der Waals surface area contributed by atoms with Crippen molar-refractivity contribution in [1.82, 2.24) is 0 Å². The molecule has 0 saturated heterocycles. The van der Waals surface area contributed by atoms with Gasteiger partial charge in [0, 0.05) is 5.56 Å². The van der Waals surface area contributed by atoms with Crippen molar-refractivity contribution in [3.8, 4) is 11.5 Å². The molecule has 4 heteroatoms. The summed E-state index contributed by atoms with van der Waals surface area (Å²) in [5, 5.41) is 18.0. The number of hydrogen-bond donors (Lipinski definition) is 2. The topological polar surface area (TPSA) is 66.8 Å². The summed E-state index contributed by atoms with van der Waals surface area (Å²) in [4.78, 5) is 10.5. The van der Waals surface area contributed by atoms with Gasteiger partial charge in [0.05, 0.1) is 13.5 Å². The van der Waals surface area contributed by atoms with Crippen molar-refractivity contribution in [3.05, 3.63) is 23.3 Å². The van der Waals surface area contributed by atoms with Crippen LogP contribution in [0.4, 0.5) is 0 Å². The molecule has 1 aromatic rings. The molecule has 0 aromatic heterocycles. The van der Waals surface area contributed by atoms with Crippen LogP contribution >= 0.6 is 0 Å². The molecule has 0 bridgehead atoms. The largest absolute Gasteiger partial charge is 0.508 e. The number of carboxylic acids is 1. The summed E-state index contributed by atoms with van der Waals surface area (Å²) in [7, 11) is 1.47. The van der Waals surface area contributed by atoms with Crippen molar-refractivity contribution >= 4 is 5.97 Å². The van der Waals surface area contributed by atoms with E-state index in [-0.39, 0.29) is 12.2 Å². The second-order valence-corrected chi connectivity index (χ2v) is 3.02. The zero-order valence-corrected chi connectivity index (χ0v) is 8.07. The molecule has 0 unspecified atom stereocenters. The molecule has 0 heterocycles. The number of aliphatic carboxylic acids is 1. The average Bonchev–Trinajstić information content (AvgIpc) is 2.10. The highest BCUT2D eigenvalue weighted by molar-refractivity contribution is 5.71. The van der Waals surface area contributed by atoms with Gasteiger partial charge in [0.15, 0.2) is 0 Å². The van der Waals surface area contributed by atoms with Crippen LogP contribution in [0.3, 0.4) is 0 Å². The summed E-state index contributed by atoms with van der Waals surface area (Å²) in [6.45, 7) is 1.72. The molecule has 0 spiro atoms. The zero-order valence-electron chi connectivity index (χ0n) is 8.07. The minimum Gasteiger partial charge on any atom is -0.508 e. The molecule has 1 rings (SSSR count). The standard InChI is InChI=1S/C10H12O4/c1-6-3-9(14-2)7(4-8(6)11)5-10(12)13/h3-4,11H,5H2,1-2H3,(H,12,13). The Morgan fingerprint density at radius 1 is 1.50 bits per heavy atom. The Kier molecular flexibility index (Phi) is 2.96. The van der Waals surface area contributed by atoms with Gasteiger partial charge in [-0.2, -0.15) is 0 Å². The molecule has 1 aromatic carbocycles. The molecule has 0 aliphatic rings. The summed E-state index contributed by atoms with van der Waals surface area (Å²) in [5.41, 5.74) is 1.14. The molecule has 14 heavy (non-hydrogen) atoms. The van der Waals surface area contributed by atoms with Crippen LogP contribution in [0.15, 0.2) is 12.1 Å². The van der Waals surface area contributed by atoms with Gasteiger partial charge in [0.1, 0.15) is 11.5 Å². The normalized spacial score (nSPS) is 9.86. The number of methoxy groups -OCH3 is 1. The van der Waals surface area contributed by atoms with Gasteiger partial charge in [0.2, 0.25) is 0 Å². The Morgan fingerprint density at radius 2 is 2.14 bits per heavy atom. The number of phenolic OH excluding ortho intramolecular Hbond substituents is 1. The fraction of sp³-hybridized carbons (Fsp3) is 0.300. The molecular weight excluding hydrogens is 184 g/mol. The molecule has 0 atom stereocenters. The van der Waals surface area contributed by atoms with Crippen LogP contribution in [-0.2, 0) is 11.2 Å². The second-order valence-electron chi connectivity index (χ2n) is 3.02. The van der Waals surface area contributed by atoms with Crippen LogP contribution in [0.5, 0.6) is 11.5 Å². The van der Waals surface area contributed by atoms with Gasteiger partial charge >= 0.3 is 5.97 Å². The van der Waals surface area contributed by atoms with Crippen molar-refractivity contribution in [1.29, 1.82) is 0 Å². The van der Waals surface area contributed by atoms with Crippen LogP contribution in [0.1, 0.15) is 11.1 Å². The van der Waals surface area contributed by atoms with E-state index in [1.165, 1.54) is 13.2 Å². The van der Waals surface area contributed by atoms with Crippen molar-refractivity contribution in [2.75, 3.05) is 7.11 Å². The number of benzene rings is 1. The fourth-order valence-electron chi connectivity index (χ4n) is 1.20. The minimum absolute atomic E-state index is 0.0852. The number of hydrogen-bond acceptors (Lipinski definition) is 3. The lowest BCUT2D eigenvalue weighted by Crippen LogP contribution is -2.02. The molecule has 0 radical (unpaired) electrons. The maximum absolute atomic E-state index is 10.5. The average molecular weight is 196 g/mol. The maximum Gasteiger partial charge on any atom is 0.307 e. The monoisotopic (exact) mass is 196 g/mol. The van der Waals surface area contributed by atoms with Crippen LogP contribution in [0, 0.1) is 6.92 Å². The van der Waals surface area contributed by atoms with Crippen molar-refractivity contribution < 1.29 is 19.7 Å². The van der Waals surface area contributed by atoms with Gasteiger partial charge in [-0.3, -0.25) is 4.79 Å². The lowest BCUT2D eigenvalue weighted by molar-refractivity contribution is -0.136. The zero-order chi connectivity index (χ0) is 10.7. The van der Waals surface area contributed by atoms with Crippen molar-refractivity contribution in [3.63, 3.8) is 0 Å². The Balaban J connectivity index is 3.13. The van der Waals surface area contributed by atoms with Crippen LogP contribution in [-0.4, -0.2) is 23.3 Å². The first-order valence-electron chi connectivity index (χ1n) is 4.13. The highest BCUT2D eigenvalue weighted by Gasteiger charge is 2.10. The first kappa shape index (κ1) is 10.4. The quantitative estimate of drug-likeness (QED) is 0.765. The molecule has 0 aliphatic carbocycles. The van der Waals surface area contributed by atoms with Gasteiger partial charge < -0.3 is 14.9 Å². The summed E-state index contributed by atoms with van der Waals surface area (Å²) < 4.78 is 5.01. The number of phenols is 1. The van der Waals surface area contributed by atoms with E-state index in [1.807, 2.05) is 0 Å². The summed E-state index contributed by atoms with van der Waals surface area (Å²) in [6.07, 6.45) is -0.156. The predicted octanol–water partition coefficient (Wildman–Crippen LogP) is 1.34. The van der Waals surface area contributed by atoms with E-state index < -0.39 is 5.97 Å². The Labute approximate surface area is 81.8 Å². The van der Waals surface area contributed by atoms with E-state index in [0.29, 0.717) is 16.9 Å². The second kappa shape index (κ2) is 4.00. The summed E-state index contributed by atoms with van der Waals surface area (Å²) in [6, 6.07) is 3.04. The lowest BCUT2D eigenvalue weighted by Gasteiger charge is -2.08. The van der Waals surface area contributed by atoms with E-state index in [0.717, 1.165) is 0 Å². The molecular formula is C10H12O4. The molecule has 76 valence electrons. The molecule has 2 N–H and O–H groups in total. The van der Waals surface area contributed by atoms with E-state index >= 15 is 0 Å². The van der Waals surface area contributed by atoms with E-state index in [1.54, 1.807) is 13.0 Å². The van der Waals surface area contributed by atoms with Crippen molar-refractivity contribution in [2.24, 2.45) is 0 Å². The minimum atomic E-state index is -0.952. The third kappa shape index (κ3) is 2.16. The number of aryl methyl sites for hydroxylation is 1. The van der Waals surface area contributed by atoms with Crippen LogP contribution in [0.25, 0.3) is 0 Å². The molecule has 0 saturated carbocycles. The van der Waals surface area contributed by atoms with Gasteiger partial charge in [-0.05, 0) is 24.6 Å². The van der Waals surface area contributed by atoms with Crippen molar-refractivity contribution in [2.45, 2.75) is 13.3 Å². The van der Waals surface area contributed by atoms with Gasteiger partial charge in [-0.15, -0.1) is 0 Å². The van der Waals surface area contributed by atoms with Crippen LogP contribution < -0.4 is 4.74 Å². The lowest BCUT2D eigenvalue weighted by atomic mass is 10.1. The van der Waals surface area contributed by atoms with E-state index in [2.05, 4.69) is 0 Å². The smallest absolute Gasteiger partial charge is 0.307 e. The maximum atomic E-state index is 10.5. The van der Waals surface area contributed by atoms with Crippen LogP contribution in [0.2, 0.25) is 0 Å². The number of carboxylic acid groups (broad SMARTS) is 1. The van der Waals surface area contributed by atoms with E-state index in [9.17, 15) is 9.90 Å². The van der Waals surface area contributed by atoms with Gasteiger partial charge in [-0.25, -0.2) is 0 Å².